The fourth-order valence-electron chi connectivity index (χ4n) is 2.80. The molecule has 0 N–H and O–H groups in total. The predicted molar refractivity (Wildman–Crippen MR) is 74.4 cm³/mol. The standard InChI is InChI=1S/C15H17N3O2/c16-9-12-3-5-13(6-4-12)18-11-14(20-15(18)19)10-17-7-1-2-8-17/h3-6,14H,1-2,7-8,10-11H2. The van der Waals surface area contributed by atoms with Gasteiger partial charge in [-0.2, -0.15) is 5.26 Å². The smallest absolute Gasteiger partial charge is 0.414 e. The van der Waals surface area contributed by atoms with Gasteiger partial charge in [0.15, 0.2) is 0 Å². The highest BCUT2D eigenvalue weighted by Gasteiger charge is 2.33. The van der Waals surface area contributed by atoms with Crippen LogP contribution < -0.4 is 4.90 Å². The average Bonchev–Trinajstić information content (AvgIpc) is 3.09. The summed E-state index contributed by atoms with van der Waals surface area (Å²) in [6.45, 7) is 3.61. The lowest BCUT2D eigenvalue weighted by molar-refractivity contribution is 0.116. The van der Waals surface area contributed by atoms with E-state index < -0.39 is 0 Å². The molecule has 5 heteroatoms. The summed E-state index contributed by atoms with van der Waals surface area (Å²) in [5.41, 5.74) is 1.38. The van der Waals surface area contributed by atoms with Crippen molar-refractivity contribution >= 4 is 11.8 Å². The van der Waals surface area contributed by atoms with Gasteiger partial charge in [-0.25, -0.2) is 4.79 Å². The van der Waals surface area contributed by atoms with Crippen LogP contribution in [0.5, 0.6) is 0 Å². The molecule has 104 valence electrons. The van der Waals surface area contributed by atoms with E-state index in [4.69, 9.17) is 10.00 Å². The number of hydrogen-bond donors (Lipinski definition) is 0. The van der Waals surface area contributed by atoms with Crippen LogP contribution in [-0.2, 0) is 4.74 Å². The number of hydrogen-bond acceptors (Lipinski definition) is 4. The molecule has 2 saturated heterocycles. The molecule has 0 saturated carbocycles. The first kappa shape index (κ1) is 12.9. The van der Waals surface area contributed by atoms with Crippen molar-refractivity contribution in [3.63, 3.8) is 0 Å². The Hall–Kier alpha value is -2.06. The van der Waals surface area contributed by atoms with Crippen LogP contribution in [0.2, 0.25) is 0 Å². The van der Waals surface area contributed by atoms with Gasteiger partial charge in [-0.1, -0.05) is 0 Å². The topological polar surface area (TPSA) is 56.6 Å². The minimum absolute atomic E-state index is 0.0590. The number of nitriles is 1. The number of rotatable bonds is 3. The number of anilines is 1. The first-order valence-corrected chi connectivity index (χ1v) is 6.97. The predicted octanol–water partition coefficient (Wildman–Crippen LogP) is 1.98. The summed E-state index contributed by atoms with van der Waals surface area (Å²) in [4.78, 5) is 15.9. The van der Waals surface area contributed by atoms with Crippen molar-refractivity contribution in [2.24, 2.45) is 0 Å². The monoisotopic (exact) mass is 271 g/mol. The Bertz CT molecular complexity index is 529. The van der Waals surface area contributed by atoms with Crippen LogP contribution in [0.25, 0.3) is 0 Å². The van der Waals surface area contributed by atoms with E-state index in [1.165, 1.54) is 12.8 Å². The molecule has 0 aliphatic carbocycles. The number of nitrogens with zero attached hydrogens (tertiary/aromatic N) is 3. The highest BCUT2D eigenvalue weighted by atomic mass is 16.6. The van der Waals surface area contributed by atoms with Gasteiger partial charge < -0.3 is 4.74 Å². The molecule has 1 aromatic carbocycles. The maximum atomic E-state index is 11.9. The summed E-state index contributed by atoms with van der Waals surface area (Å²) in [6.07, 6.45) is 2.12. The zero-order valence-corrected chi connectivity index (χ0v) is 11.3. The SMILES string of the molecule is N#Cc1ccc(N2CC(CN3CCCC3)OC2=O)cc1. The van der Waals surface area contributed by atoms with Crippen LogP contribution in [0.15, 0.2) is 24.3 Å². The van der Waals surface area contributed by atoms with Crippen molar-refractivity contribution in [1.29, 1.82) is 5.26 Å². The minimum atomic E-state index is -0.293. The van der Waals surface area contributed by atoms with Gasteiger partial charge in [0.1, 0.15) is 6.10 Å². The Balaban J connectivity index is 1.65. The van der Waals surface area contributed by atoms with Gasteiger partial charge in [-0.15, -0.1) is 0 Å². The summed E-state index contributed by atoms with van der Waals surface area (Å²) in [5.74, 6) is 0. The molecule has 20 heavy (non-hydrogen) atoms. The molecule has 0 spiro atoms. The molecule has 5 nitrogen and oxygen atoms in total. The molecular formula is C15H17N3O2. The highest BCUT2D eigenvalue weighted by molar-refractivity contribution is 5.89. The van der Waals surface area contributed by atoms with Gasteiger partial charge in [0.2, 0.25) is 0 Å². The molecule has 0 bridgehead atoms. The zero-order chi connectivity index (χ0) is 13.9. The quantitative estimate of drug-likeness (QED) is 0.843. The number of ether oxygens (including phenoxy) is 1. The molecule has 1 atom stereocenters. The number of cyclic esters (lactones) is 1. The fourth-order valence-corrected chi connectivity index (χ4v) is 2.80. The Labute approximate surface area is 118 Å². The Morgan fingerprint density at radius 2 is 1.95 bits per heavy atom. The van der Waals surface area contributed by atoms with E-state index in [1.807, 2.05) is 0 Å². The number of benzene rings is 1. The van der Waals surface area contributed by atoms with E-state index >= 15 is 0 Å². The molecule has 3 rings (SSSR count). The van der Waals surface area contributed by atoms with Crippen LogP contribution in [-0.4, -0.2) is 43.3 Å². The molecule has 1 aromatic rings. The minimum Gasteiger partial charge on any atom is -0.443 e. The molecule has 2 heterocycles. The summed E-state index contributed by atoms with van der Waals surface area (Å²) < 4.78 is 5.43. The molecule has 1 unspecified atom stereocenters. The molecular weight excluding hydrogens is 254 g/mol. The van der Waals surface area contributed by atoms with Crippen molar-refractivity contribution in [1.82, 2.24) is 4.90 Å². The van der Waals surface area contributed by atoms with Crippen molar-refractivity contribution < 1.29 is 9.53 Å². The van der Waals surface area contributed by atoms with Crippen molar-refractivity contribution in [2.75, 3.05) is 31.1 Å². The Morgan fingerprint density at radius 1 is 1.25 bits per heavy atom. The van der Waals surface area contributed by atoms with E-state index in [0.717, 1.165) is 25.3 Å². The molecule has 0 radical (unpaired) electrons. The molecule has 1 amide bonds. The summed E-state index contributed by atoms with van der Waals surface area (Å²) in [7, 11) is 0. The van der Waals surface area contributed by atoms with Gasteiger partial charge in [0.05, 0.1) is 18.2 Å². The van der Waals surface area contributed by atoms with Crippen LogP contribution in [0, 0.1) is 11.3 Å². The van der Waals surface area contributed by atoms with Crippen molar-refractivity contribution in [3.8, 4) is 6.07 Å². The third-order valence-corrected chi connectivity index (χ3v) is 3.84. The maximum Gasteiger partial charge on any atom is 0.414 e. The number of likely N-dealkylation sites (tertiary alicyclic amines) is 1. The van der Waals surface area contributed by atoms with Crippen LogP contribution in [0.3, 0.4) is 0 Å². The van der Waals surface area contributed by atoms with Gasteiger partial charge >= 0.3 is 6.09 Å². The zero-order valence-electron chi connectivity index (χ0n) is 11.3. The first-order valence-electron chi connectivity index (χ1n) is 6.97. The molecule has 0 aromatic heterocycles. The molecule has 2 aliphatic rings. The highest BCUT2D eigenvalue weighted by Crippen LogP contribution is 2.23. The third kappa shape index (κ3) is 2.61. The van der Waals surface area contributed by atoms with E-state index in [9.17, 15) is 4.79 Å². The molecule has 2 aliphatic heterocycles. The average molecular weight is 271 g/mol. The van der Waals surface area contributed by atoms with E-state index in [0.29, 0.717) is 12.1 Å². The van der Waals surface area contributed by atoms with E-state index in [1.54, 1.807) is 29.2 Å². The van der Waals surface area contributed by atoms with Crippen LogP contribution in [0.4, 0.5) is 10.5 Å². The second kappa shape index (κ2) is 5.51. The lowest BCUT2D eigenvalue weighted by Crippen LogP contribution is -2.33. The molecule has 2 fully saturated rings. The van der Waals surface area contributed by atoms with Gasteiger partial charge in [0, 0.05) is 12.2 Å². The Morgan fingerprint density at radius 3 is 2.60 bits per heavy atom. The maximum absolute atomic E-state index is 11.9. The summed E-state index contributed by atoms with van der Waals surface area (Å²) in [5, 5.41) is 8.79. The van der Waals surface area contributed by atoms with Gasteiger partial charge in [-0.3, -0.25) is 9.80 Å². The lowest BCUT2D eigenvalue weighted by Gasteiger charge is -2.18. The van der Waals surface area contributed by atoms with Crippen molar-refractivity contribution in [2.45, 2.75) is 18.9 Å². The summed E-state index contributed by atoms with van der Waals surface area (Å²) in [6, 6.07) is 9.09. The van der Waals surface area contributed by atoms with E-state index in [2.05, 4.69) is 11.0 Å². The van der Waals surface area contributed by atoms with Gasteiger partial charge in [-0.05, 0) is 50.2 Å². The second-order valence-electron chi connectivity index (χ2n) is 5.28. The number of amides is 1. The number of carbonyl (C=O) groups is 1. The lowest BCUT2D eigenvalue weighted by atomic mass is 10.2. The van der Waals surface area contributed by atoms with E-state index in [-0.39, 0.29) is 12.2 Å². The first-order chi connectivity index (χ1) is 9.76. The van der Waals surface area contributed by atoms with Crippen LogP contribution in [0.1, 0.15) is 18.4 Å². The number of carbonyl (C=O) groups excluding carboxylic acids is 1. The van der Waals surface area contributed by atoms with Crippen LogP contribution >= 0.6 is 0 Å². The fraction of sp³-hybridized carbons (Fsp3) is 0.467. The Kier molecular flexibility index (Phi) is 3.57. The normalized spacial score (nSPS) is 22.9. The largest absolute Gasteiger partial charge is 0.443 e. The van der Waals surface area contributed by atoms with Crippen molar-refractivity contribution in [3.05, 3.63) is 29.8 Å². The summed E-state index contributed by atoms with van der Waals surface area (Å²) >= 11 is 0. The third-order valence-electron chi connectivity index (χ3n) is 3.84. The second-order valence-corrected chi connectivity index (χ2v) is 5.28. The van der Waals surface area contributed by atoms with Gasteiger partial charge in [0.25, 0.3) is 0 Å².